The molecule has 0 atom stereocenters. The molecule has 7 heteroatoms. The molecule has 1 aliphatic heterocycles. The van der Waals surface area contributed by atoms with Crippen LogP contribution in [0.2, 0.25) is 0 Å². The molecule has 0 unspecified atom stereocenters. The molecule has 3 amide bonds. The van der Waals surface area contributed by atoms with Crippen LogP contribution in [0.5, 0.6) is 0 Å². The number of urea groups is 1. The molecule has 1 saturated heterocycles. The van der Waals surface area contributed by atoms with Crippen LogP contribution < -0.4 is 20.7 Å². The molecule has 1 heterocycles. The molecule has 0 radical (unpaired) electrons. The first-order chi connectivity index (χ1) is 11.1. The third-order valence-corrected chi connectivity index (χ3v) is 4.54. The highest BCUT2D eigenvalue weighted by molar-refractivity contribution is 7.97. The number of imide groups is 1. The molecule has 0 saturated carbocycles. The van der Waals surface area contributed by atoms with Crippen LogP contribution in [0.1, 0.15) is 31.2 Å². The number of nitrogens with two attached hydrogens (primary N) is 1. The second kappa shape index (κ2) is 8.90. The Bertz CT molecular complexity index is 565. The Morgan fingerprint density at radius 2 is 2.13 bits per heavy atom. The van der Waals surface area contributed by atoms with Gasteiger partial charge in [-0.3, -0.25) is 19.7 Å². The molecule has 0 aromatic heterocycles. The van der Waals surface area contributed by atoms with Crippen LogP contribution in [0.3, 0.4) is 0 Å². The summed E-state index contributed by atoms with van der Waals surface area (Å²) in [6, 6.07) is 5.67. The lowest BCUT2D eigenvalue weighted by Gasteiger charge is -2.28. The minimum absolute atomic E-state index is 0.214. The van der Waals surface area contributed by atoms with Crippen molar-refractivity contribution in [3.8, 4) is 0 Å². The smallest absolute Gasteiger partial charge is 0.328 e. The first-order valence-corrected chi connectivity index (χ1v) is 8.75. The lowest BCUT2D eigenvalue weighted by molar-refractivity contribution is -0.120. The Labute approximate surface area is 141 Å². The highest BCUT2D eigenvalue weighted by Crippen LogP contribution is 2.27. The van der Waals surface area contributed by atoms with E-state index in [1.54, 1.807) is 16.8 Å². The molecule has 1 aliphatic rings. The summed E-state index contributed by atoms with van der Waals surface area (Å²) in [5, 5.41) is 2.36. The maximum absolute atomic E-state index is 12.0. The maximum Gasteiger partial charge on any atom is 0.328 e. The second-order valence-corrected chi connectivity index (χ2v) is 6.51. The van der Waals surface area contributed by atoms with Gasteiger partial charge in [0.2, 0.25) is 5.91 Å². The summed E-state index contributed by atoms with van der Waals surface area (Å²) < 4.78 is 3.33. The molecule has 0 bridgehead atoms. The van der Waals surface area contributed by atoms with Crippen molar-refractivity contribution in [1.82, 2.24) is 10.0 Å². The van der Waals surface area contributed by atoms with Gasteiger partial charge in [0.15, 0.2) is 0 Å². The van der Waals surface area contributed by atoms with Gasteiger partial charge in [0.05, 0.1) is 0 Å². The summed E-state index contributed by atoms with van der Waals surface area (Å²) in [6.45, 7) is 4.06. The zero-order valence-electron chi connectivity index (χ0n) is 13.4. The highest BCUT2D eigenvalue weighted by Gasteiger charge is 2.25. The number of nitrogens with zero attached hydrogens (tertiary/aromatic N) is 1. The SMILES string of the molecule is Cc1ccc(SNCCCCCN)cc1N1CCC(=O)NC1=O. The number of benzene rings is 1. The van der Waals surface area contributed by atoms with Gasteiger partial charge in [-0.2, -0.15) is 0 Å². The first kappa shape index (κ1) is 17.8. The van der Waals surface area contributed by atoms with E-state index in [1.165, 1.54) is 0 Å². The number of hydrogen-bond donors (Lipinski definition) is 3. The summed E-state index contributed by atoms with van der Waals surface area (Å²) in [6.07, 6.45) is 3.62. The number of anilines is 1. The van der Waals surface area contributed by atoms with E-state index in [4.69, 9.17) is 5.73 Å². The molecule has 0 spiro atoms. The molecule has 4 N–H and O–H groups in total. The number of rotatable bonds is 8. The number of unbranched alkanes of at least 4 members (excludes halogenated alkanes) is 2. The van der Waals surface area contributed by atoms with Gasteiger partial charge in [0.25, 0.3) is 0 Å². The van der Waals surface area contributed by atoms with Gasteiger partial charge in [-0.15, -0.1) is 0 Å². The van der Waals surface area contributed by atoms with Crippen LogP contribution in [0.25, 0.3) is 0 Å². The number of aryl methyl sites for hydroxylation is 1. The largest absolute Gasteiger partial charge is 0.330 e. The summed E-state index contributed by atoms with van der Waals surface area (Å²) >= 11 is 1.56. The van der Waals surface area contributed by atoms with Crippen LogP contribution in [-0.4, -0.2) is 31.6 Å². The van der Waals surface area contributed by atoms with Crippen molar-refractivity contribution in [3.63, 3.8) is 0 Å². The quantitative estimate of drug-likeness (QED) is 0.500. The fraction of sp³-hybridized carbons (Fsp3) is 0.500. The Morgan fingerprint density at radius 1 is 1.30 bits per heavy atom. The zero-order valence-corrected chi connectivity index (χ0v) is 14.2. The van der Waals surface area contributed by atoms with Crippen molar-refractivity contribution in [3.05, 3.63) is 23.8 Å². The van der Waals surface area contributed by atoms with Crippen LogP contribution in [-0.2, 0) is 4.79 Å². The average molecular weight is 336 g/mol. The summed E-state index contributed by atoms with van der Waals surface area (Å²) in [5.41, 5.74) is 7.34. The summed E-state index contributed by atoms with van der Waals surface area (Å²) in [7, 11) is 0. The molecule has 2 rings (SSSR count). The van der Waals surface area contributed by atoms with E-state index >= 15 is 0 Å². The number of carbonyl (C=O) groups excluding carboxylic acids is 2. The molecule has 23 heavy (non-hydrogen) atoms. The molecule has 1 aromatic carbocycles. The number of carbonyl (C=O) groups is 2. The molecular formula is C16H24N4O2S. The highest BCUT2D eigenvalue weighted by atomic mass is 32.2. The topological polar surface area (TPSA) is 87.5 Å². The van der Waals surface area contributed by atoms with Gasteiger partial charge in [0.1, 0.15) is 0 Å². The molecule has 126 valence electrons. The average Bonchev–Trinajstić information content (AvgIpc) is 2.53. The van der Waals surface area contributed by atoms with Crippen molar-refractivity contribution >= 4 is 29.6 Å². The van der Waals surface area contributed by atoms with Gasteiger partial charge >= 0.3 is 6.03 Å². The predicted octanol–water partition coefficient (Wildman–Crippen LogP) is 2.17. The summed E-state index contributed by atoms with van der Waals surface area (Å²) in [4.78, 5) is 25.9. The van der Waals surface area contributed by atoms with Gasteiger partial charge in [-0.1, -0.05) is 12.5 Å². The monoisotopic (exact) mass is 336 g/mol. The van der Waals surface area contributed by atoms with E-state index in [-0.39, 0.29) is 11.9 Å². The fourth-order valence-corrected chi connectivity index (χ4v) is 3.11. The Morgan fingerprint density at radius 3 is 2.87 bits per heavy atom. The lowest BCUT2D eigenvalue weighted by atomic mass is 10.1. The Hall–Kier alpha value is -1.57. The van der Waals surface area contributed by atoms with Crippen LogP contribution in [0.15, 0.2) is 23.1 Å². The second-order valence-electron chi connectivity index (χ2n) is 5.55. The van der Waals surface area contributed by atoms with Gasteiger partial charge in [-0.05, 0) is 56.0 Å². The number of amides is 3. The predicted molar refractivity (Wildman–Crippen MR) is 93.4 cm³/mol. The minimum atomic E-state index is -0.346. The molecule has 0 aliphatic carbocycles. The van der Waals surface area contributed by atoms with E-state index in [1.807, 2.05) is 25.1 Å². The van der Waals surface area contributed by atoms with Crippen LogP contribution in [0.4, 0.5) is 10.5 Å². The first-order valence-electron chi connectivity index (χ1n) is 7.93. The number of nitrogens with one attached hydrogen (secondary N) is 2. The van der Waals surface area contributed by atoms with E-state index in [2.05, 4.69) is 10.0 Å². The normalized spacial score (nSPS) is 15.0. The lowest BCUT2D eigenvalue weighted by Crippen LogP contribution is -2.49. The van der Waals surface area contributed by atoms with Crippen molar-refractivity contribution in [2.24, 2.45) is 5.73 Å². The zero-order chi connectivity index (χ0) is 16.7. The van der Waals surface area contributed by atoms with Crippen LogP contribution >= 0.6 is 11.9 Å². The van der Waals surface area contributed by atoms with E-state index in [9.17, 15) is 9.59 Å². The van der Waals surface area contributed by atoms with Gasteiger partial charge in [0, 0.05) is 30.1 Å². The van der Waals surface area contributed by atoms with E-state index in [0.29, 0.717) is 13.0 Å². The van der Waals surface area contributed by atoms with Crippen molar-refractivity contribution in [2.45, 2.75) is 37.5 Å². The maximum atomic E-state index is 12.0. The van der Waals surface area contributed by atoms with Crippen LogP contribution in [0, 0.1) is 6.92 Å². The third kappa shape index (κ3) is 5.23. The standard InChI is InChI=1S/C16H24N4O2S/c1-12-5-6-13(23-18-9-4-2-3-8-17)11-14(12)20-10-7-15(21)19-16(20)22/h5-6,11,18H,2-4,7-10,17H2,1H3,(H,19,21,22). The van der Waals surface area contributed by atoms with Gasteiger partial charge in [-0.25, -0.2) is 4.79 Å². The number of hydrogen-bond acceptors (Lipinski definition) is 5. The van der Waals surface area contributed by atoms with Crippen molar-refractivity contribution in [1.29, 1.82) is 0 Å². The Kier molecular flexibility index (Phi) is 6.88. The molecule has 1 aromatic rings. The van der Waals surface area contributed by atoms with Crippen molar-refractivity contribution in [2.75, 3.05) is 24.5 Å². The van der Waals surface area contributed by atoms with Crippen molar-refractivity contribution < 1.29 is 9.59 Å². The Balaban J connectivity index is 1.93. The summed E-state index contributed by atoms with van der Waals surface area (Å²) in [5.74, 6) is -0.214. The third-order valence-electron chi connectivity index (χ3n) is 3.70. The van der Waals surface area contributed by atoms with E-state index in [0.717, 1.165) is 48.5 Å². The van der Waals surface area contributed by atoms with E-state index < -0.39 is 0 Å². The molecular weight excluding hydrogens is 312 g/mol. The minimum Gasteiger partial charge on any atom is -0.330 e. The van der Waals surface area contributed by atoms with Gasteiger partial charge < -0.3 is 5.73 Å². The fourth-order valence-electron chi connectivity index (χ4n) is 2.39. The molecule has 1 fully saturated rings. The molecule has 6 nitrogen and oxygen atoms in total.